The Morgan fingerprint density at radius 3 is 0.444 bits per heavy atom. The molecule has 0 aliphatic heterocycles. The number of unbranched alkanes of at least 4 members (excludes halogenated alkanes) is 66. The fraction of sp³-hybridized carbons (Fsp3) is 0.857. The van der Waals surface area contributed by atoms with Crippen LogP contribution >= 0.6 is 0 Å². The zero-order valence-corrected chi connectivity index (χ0v) is 72.7. The maximum atomic E-state index is 14.7. The maximum Gasteiger partial charge on any atom is 0.269 e. The van der Waals surface area contributed by atoms with Crippen LogP contribution in [0.3, 0.4) is 0 Å². The van der Waals surface area contributed by atoms with Crippen LogP contribution in [0, 0.1) is 0 Å². The molecule has 0 saturated carbocycles. The molecule has 630 valence electrons. The van der Waals surface area contributed by atoms with E-state index in [0.717, 1.165) is 77.0 Å². The summed E-state index contributed by atoms with van der Waals surface area (Å²) < 4.78 is 40.4. The highest BCUT2D eigenvalue weighted by Gasteiger charge is 2.23. The third-order valence-corrected chi connectivity index (χ3v) is 22.4. The summed E-state index contributed by atoms with van der Waals surface area (Å²) in [4.78, 5) is 29.4. The molecular formula is C98H180N2O8. The molecule has 0 atom stereocenters. The highest BCUT2D eigenvalue weighted by molar-refractivity contribution is 6.00. The first kappa shape index (κ1) is 100. The summed E-state index contributed by atoms with van der Waals surface area (Å²) in [5, 5.41) is 0. The number of benzene rings is 2. The van der Waals surface area contributed by atoms with Gasteiger partial charge in [0.1, 0.15) is 0 Å². The fourth-order valence-electron chi connectivity index (χ4n) is 15.1. The second-order valence-electron chi connectivity index (χ2n) is 32.9. The molecule has 2 rings (SSSR count). The van der Waals surface area contributed by atoms with Crippen molar-refractivity contribution in [1.82, 2.24) is 10.9 Å². The topological polar surface area (TPSA) is 114 Å². The molecule has 2 N–H and O–H groups in total. The zero-order chi connectivity index (χ0) is 77.4. The highest BCUT2D eigenvalue weighted by Crippen LogP contribution is 2.42. The molecule has 0 aliphatic rings. The minimum Gasteiger partial charge on any atom is -0.490 e. The minimum atomic E-state index is -0.462. The van der Waals surface area contributed by atoms with E-state index in [4.69, 9.17) is 28.4 Å². The molecule has 0 radical (unpaired) electrons. The van der Waals surface area contributed by atoms with Crippen LogP contribution in [0.5, 0.6) is 34.5 Å². The van der Waals surface area contributed by atoms with Gasteiger partial charge in [-0.05, 0) is 62.8 Å². The molecule has 0 spiro atoms. The van der Waals surface area contributed by atoms with Crippen molar-refractivity contribution in [3.8, 4) is 34.5 Å². The van der Waals surface area contributed by atoms with Crippen molar-refractivity contribution in [2.75, 3.05) is 39.6 Å². The Labute approximate surface area is 670 Å². The van der Waals surface area contributed by atoms with Crippen LogP contribution in [0.15, 0.2) is 24.3 Å². The van der Waals surface area contributed by atoms with Crippen LogP contribution in [-0.4, -0.2) is 51.5 Å². The van der Waals surface area contributed by atoms with Gasteiger partial charge in [0.25, 0.3) is 11.8 Å². The van der Waals surface area contributed by atoms with E-state index >= 15 is 0 Å². The van der Waals surface area contributed by atoms with Gasteiger partial charge in [-0.2, -0.15) is 0 Å². The molecule has 2 aromatic carbocycles. The smallest absolute Gasteiger partial charge is 0.269 e. The molecule has 10 heteroatoms. The second-order valence-corrected chi connectivity index (χ2v) is 32.9. The van der Waals surface area contributed by atoms with E-state index in [1.165, 1.54) is 385 Å². The van der Waals surface area contributed by atoms with Crippen LogP contribution in [0.4, 0.5) is 0 Å². The largest absolute Gasteiger partial charge is 0.490 e. The summed E-state index contributed by atoms with van der Waals surface area (Å²) in [5.41, 5.74) is 6.32. The Morgan fingerprint density at radius 1 is 0.185 bits per heavy atom. The molecule has 10 nitrogen and oxygen atoms in total. The molecular weight excluding hydrogens is 1330 g/mol. The van der Waals surface area contributed by atoms with Crippen molar-refractivity contribution in [3.05, 3.63) is 35.4 Å². The van der Waals surface area contributed by atoms with Crippen molar-refractivity contribution in [1.29, 1.82) is 0 Å². The molecule has 0 aliphatic carbocycles. The third kappa shape index (κ3) is 60.8. The molecule has 2 amide bonds. The summed E-state index contributed by atoms with van der Waals surface area (Å²) >= 11 is 0. The Hall–Kier alpha value is -3.82. The van der Waals surface area contributed by atoms with E-state index in [2.05, 4.69) is 52.4 Å². The van der Waals surface area contributed by atoms with Crippen LogP contribution in [-0.2, 0) is 0 Å². The van der Waals surface area contributed by atoms with Gasteiger partial charge in [-0.1, -0.05) is 465 Å². The first-order valence-electron chi connectivity index (χ1n) is 48.2. The number of nitrogens with one attached hydrogen (secondary N) is 2. The van der Waals surface area contributed by atoms with E-state index in [0.29, 0.717) is 85.3 Å². The van der Waals surface area contributed by atoms with Gasteiger partial charge in [-0.25, -0.2) is 0 Å². The Morgan fingerprint density at radius 2 is 0.306 bits per heavy atom. The number of hydrogen-bond acceptors (Lipinski definition) is 8. The summed E-state index contributed by atoms with van der Waals surface area (Å²) in [6, 6.07) is 7.17. The lowest BCUT2D eigenvalue weighted by Crippen LogP contribution is -2.41. The number of amides is 2. The van der Waals surface area contributed by atoms with Gasteiger partial charge >= 0.3 is 0 Å². The first-order chi connectivity index (χ1) is 53.4. The van der Waals surface area contributed by atoms with Gasteiger partial charge in [-0.15, -0.1) is 0 Å². The van der Waals surface area contributed by atoms with Crippen molar-refractivity contribution in [3.63, 3.8) is 0 Å². The van der Waals surface area contributed by atoms with E-state index in [1.807, 2.05) is 0 Å². The highest BCUT2D eigenvalue weighted by atomic mass is 16.5. The average Bonchev–Trinajstić information content (AvgIpc) is 0.812. The Bertz CT molecular complexity index is 1980. The van der Waals surface area contributed by atoms with Crippen LogP contribution in [0.25, 0.3) is 0 Å². The number of hydrogen-bond donors (Lipinski definition) is 2. The zero-order valence-electron chi connectivity index (χ0n) is 72.7. The maximum absolute atomic E-state index is 14.7. The molecule has 0 heterocycles. The number of hydrazine groups is 1. The van der Waals surface area contributed by atoms with E-state index in [1.54, 1.807) is 24.3 Å². The predicted molar refractivity (Wildman–Crippen MR) is 467 cm³/mol. The summed E-state index contributed by atoms with van der Waals surface area (Å²) in [7, 11) is 0. The SMILES string of the molecule is CCCCCCCCCCCCCCOc1cc(C(=O)NNC(=O)c2cc(OCCCCCCCCCCCCCC)c(OCCCCCCCCCCCCCC)c(OCCCCCCCCCCCCCC)c2)cc(OCCCCCCCCCCCCCC)c1OCCCCCCCCCCCCCC. The van der Waals surface area contributed by atoms with Crippen molar-refractivity contribution in [2.24, 2.45) is 0 Å². The summed E-state index contributed by atoms with van der Waals surface area (Å²) in [6.45, 7) is 16.9. The van der Waals surface area contributed by atoms with Gasteiger partial charge < -0.3 is 28.4 Å². The standard InChI is InChI=1S/C98H180N2O8/c1-7-13-19-25-31-37-43-49-55-61-67-73-79-103-91-85-89(86-92(104-80-74-68-62-56-50-44-38-32-26-20-14-8-2)95(91)107-83-77-71-65-59-53-47-41-35-29-23-17-11-5)97(101)99-100-98(102)90-87-93(105-81-75-69-63-57-51-45-39-33-27-21-15-9-3)96(108-84-78-72-66-60-54-48-42-36-30-24-18-12-6)94(88-90)106-82-76-70-64-58-52-46-40-34-28-22-16-10-4/h85-88H,7-84H2,1-6H3,(H,99,101)(H,100,102). The first-order valence-corrected chi connectivity index (χ1v) is 48.2. The Kier molecular flexibility index (Phi) is 74.1. The predicted octanol–water partition coefficient (Wildman–Crippen LogP) is 32.2. The molecule has 0 saturated heterocycles. The monoisotopic (exact) mass is 1510 g/mol. The fourth-order valence-corrected chi connectivity index (χ4v) is 15.1. The minimum absolute atomic E-state index is 0.335. The third-order valence-electron chi connectivity index (χ3n) is 22.4. The molecule has 2 aromatic rings. The Balaban J connectivity index is 2.46. The van der Waals surface area contributed by atoms with Gasteiger partial charge in [-0.3, -0.25) is 20.4 Å². The number of rotatable bonds is 86. The number of carbonyl (C=O) groups is 2. The van der Waals surface area contributed by atoms with Gasteiger partial charge in [0.2, 0.25) is 11.5 Å². The van der Waals surface area contributed by atoms with Crippen molar-refractivity contribution < 1.29 is 38.0 Å². The van der Waals surface area contributed by atoms with Gasteiger partial charge in [0, 0.05) is 11.1 Å². The van der Waals surface area contributed by atoms with E-state index in [-0.39, 0.29) is 0 Å². The molecule has 0 aromatic heterocycles. The quantitative estimate of drug-likeness (QED) is 0.0497. The lowest BCUT2D eigenvalue weighted by atomic mass is 10.1. The lowest BCUT2D eigenvalue weighted by molar-refractivity contribution is 0.0845. The van der Waals surface area contributed by atoms with Gasteiger partial charge in [0.05, 0.1) is 39.6 Å². The van der Waals surface area contributed by atoms with E-state index < -0.39 is 11.8 Å². The van der Waals surface area contributed by atoms with Crippen LogP contribution < -0.4 is 39.3 Å². The van der Waals surface area contributed by atoms with Crippen molar-refractivity contribution >= 4 is 11.8 Å². The molecule has 0 fully saturated rings. The van der Waals surface area contributed by atoms with Crippen molar-refractivity contribution in [2.45, 2.75) is 504 Å². The lowest BCUT2D eigenvalue weighted by Gasteiger charge is -2.20. The molecule has 0 unspecified atom stereocenters. The van der Waals surface area contributed by atoms with Gasteiger partial charge in [0.15, 0.2) is 23.0 Å². The van der Waals surface area contributed by atoms with Crippen LogP contribution in [0.2, 0.25) is 0 Å². The second kappa shape index (κ2) is 79.8. The molecule has 0 bridgehead atoms. The number of carbonyl (C=O) groups excluding carboxylic acids is 2. The average molecular weight is 1510 g/mol. The van der Waals surface area contributed by atoms with Crippen LogP contribution in [0.1, 0.15) is 525 Å². The number of ether oxygens (including phenoxy) is 6. The summed E-state index contributed by atoms with van der Waals surface area (Å²) in [6.07, 6.45) is 91.2. The summed E-state index contributed by atoms with van der Waals surface area (Å²) in [5.74, 6) is 2.30. The van der Waals surface area contributed by atoms with E-state index in [9.17, 15) is 9.59 Å². The normalized spacial score (nSPS) is 11.4. The molecule has 108 heavy (non-hydrogen) atoms.